The number of hydrogen-bond acceptors (Lipinski definition) is 5. The van der Waals surface area contributed by atoms with Crippen LogP contribution >= 0.6 is 0 Å². The molecule has 1 aliphatic rings. The molecule has 3 unspecified atom stereocenters. The van der Waals surface area contributed by atoms with Gasteiger partial charge in [0.05, 0.1) is 17.9 Å². The predicted octanol–water partition coefficient (Wildman–Crippen LogP) is 5.23. The second-order valence-corrected chi connectivity index (χ2v) is 9.76. The molecule has 1 fully saturated rings. The van der Waals surface area contributed by atoms with Crippen LogP contribution in [0.4, 0.5) is 14.5 Å². The van der Waals surface area contributed by atoms with E-state index in [1.165, 1.54) is 18.2 Å². The summed E-state index contributed by atoms with van der Waals surface area (Å²) in [6.45, 7) is 1.84. The topological polar surface area (TPSA) is 103 Å². The Morgan fingerprint density at radius 1 is 1.08 bits per heavy atom. The van der Waals surface area contributed by atoms with Crippen LogP contribution in [0.2, 0.25) is 0 Å². The van der Waals surface area contributed by atoms with Gasteiger partial charge in [0.25, 0.3) is 11.5 Å². The van der Waals surface area contributed by atoms with Gasteiger partial charge in [0, 0.05) is 30.1 Å². The maximum absolute atomic E-state index is 14.8. The third-order valence-electron chi connectivity index (χ3n) is 7.41. The Balaban J connectivity index is 1.38. The number of rotatable bonds is 6. The molecule has 1 aromatic carbocycles. The van der Waals surface area contributed by atoms with Crippen LogP contribution in [0.1, 0.15) is 59.8 Å². The molecule has 4 aromatic rings. The maximum Gasteiger partial charge on any atom is 0.274 e. The van der Waals surface area contributed by atoms with Crippen LogP contribution in [0.5, 0.6) is 0 Å². The zero-order chi connectivity index (χ0) is 27.5. The molecule has 3 N–H and O–H groups in total. The van der Waals surface area contributed by atoms with Gasteiger partial charge in [-0.05, 0) is 73.1 Å². The zero-order valence-electron chi connectivity index (χ0n) is 21.5. The van der Waals surface area contributed by atoms with E-state index >= 15 is 0 Å². The van der Waals surface area contributed by atoms with Crippen molar-refractivity contribution < 1.29 is 13.6 Å². The Labute approximate surface area is 224 Å². The first-order chi connectivity index (χ1) is 18.9. The van der Waals surface area contributed by atoms with Gasteiger partial charge in [-0.15, -0.1) is 0 Å². The molecule has 200 valence electrons. The first-order valence-corrected chi connectivity index (χ1v) is 13.0. The van der Waals surface area contributed by atoms with Crippen LogP contribution < -0.4 is 16.6 Å². The molecule has 39 heavy (non-hydrogen) atoms. The van der Waals surface area contributed by atoms with Crippen molar-refractivity contribution in [3.8, 4) is 11.3 Å². The fourth-order valence-electron chi connectivity index (χ4n) is 5.46. The summed E-state index contributed by atoms with van der Waals surface area (Å²) in [7, 11) is 0. The first-order valence-electron chi connectivity index (χ1n) is 13.0. The smallest absolute Gasteiger partial charge is 0.274 e. The number of carbonyl (C=O) groups is 1. The van der Waals surface area contributed by atoms with E-state index in [1.54, 1.807) is 41.4 Å². The molecular formula is C30H29F2N5O2. The molecule has 3 aromatic heterocycles. The molecule has 1 saturated carbocycles. The molecule has 9 heteroatoms. The van der Waals surface area contributed by atoms with E-state index in [2.05, 4.69) is 15.3 Å². The number of nitrogens with two attached hydrogens (primary N) is 1. The van der Waals surface area contributed by atoms with Gasteiger partial charge in [-0.1, -0.05) is 25.1 Å². The molecule has 1 aliphatic carbocycles. The fourth-order valence-corrected chi connectivity index (χ4v) is 5.46. The lowest BCUT2D eigenvalue weighted by atomic mass is 9.78. The van der Waals surface area contributed by atoms with Crippen molar-refractivity contribution in [1.82, 2.24) is 14.5 Å². The highest BCUT2D eigenvalue weighted by Gasteiger charge is 2.31. The molecule has 0 radical (unpaired) electrons. The van der Waals surface area contributed by atoms with E-state index in [0.717, 1.165) is 18.1 Å². The number of halogens is 2. The van der Waals surface area contributed by atoms with Gasteiger partial charge in [0.15, 0.2) is 0 Å². The summed E-state index contributed by atoms with van der Waals surface area (Å²) in [5.74, 6) is -1.83. The number of amides is 1. The van der Waals surface area contributed by atoms with Gasteiger partial charge in [0.1, 0.15) is 23.0 Å². The van der Waals surface area contributed by atoms with E-state index in [9.17, 15) is 18.4 Å². The number of pyridine rings is 3. The minimum atomic E-state index is -0.711. The van der Waals surface area contributed by atoms with Crippen molar-refractivity contribution >= 4 is 11.6 Å². The average molecular weight is 530 g/mol. The van der Waals surface area contributed by atoms with Crippen molar-refractivity contribution in [2.45, 2.75) is 50.6 Å². The lowest BCUT2D eigenvalue weighted by Gasteiger charge is -2.35. The molecule has 5 rings (SSSR count). The maximum atomic E-state index is 14.8. The first kappa shape index (κ1) is 26.4. The summed E-state index contributed by atoms with van der Waals surface area (Å²) in [5, 5.41) is 2.86. The van der Waals surface area contributed by atoms with Crippen molar-refractivity contribution in [2.75, 3.05) is 5.32 Å². The summed E-state index contributed by atoms with van der Waals surface area (Å²) in [5.41, 5.74) is 8.22. The Morgan fingerprint density at radius 3 is 2.69 bits per heavy atom. The van der Waals surface area contributed by atoms with Gasteiger partial charge in [0.2, 0.25) is 0 Å². The van der Waals surface area contributed by atoms with Crippen LogP contribution in [0.15, 0.2) is 78.0 Å². The van der Waals surface area contributed by atoms with Crippen LogP contribution in [-0.2, 0) is 6.42 Å². The van der Waals surface area contributed by atoms with Crippen LogP contribution in [0, 0.1) is 11.6 Å². The normalized spacial score (nSPS) is 19.0. The van der Waals surface area contributed by atoms with Crippen LogP contribution in [-0.4, -0.2) is 26.5 Å². The highest BCUT2D eigenvalue weighted by Crippen LogP contribution is 2.39. The Hall–Kier alpha value is -4.24. The lowest BCUT2D eigenvalue weighted by molar-refractivity contribution is 0.102. The quantitative estimate of drug-likeness (QED) is 0.356. The van der Waals surface area contributed by atoms with Gasteiger partial charge >= 0.3 is 0 Å². The molecular weight excluding hydrogens is 500 g/mol. The van der Waals surface area contributed by atoms with E-state index in [4.69, 9.17) is 5.73 Å². The summed E-state index contributed by atoms with van der Waals surface area (Å²) in [6, 6.07) is 13.5. The molecule has 3 atom stereocenters. The molecule has 0 spiro atoms. The SMILES string of the molecule is CCc1cccc(F)c1-c1nc(C(=O)Nc2cnccc2C2CCC(n3ccccc3=O)C(N)C2)ccc1F. The Kier molecular flexibility index (Phi) is 7.60. The number of aryl methyl sites for hydroxylation is 1. The molecule has 1 amide bonds. The molecule has 3 heterocycles. The Bertz CT molecular complexity index is 1570. The van der Waals surface area contributed by atoms with Crippen molar-refractivity contribution in [2.24, 2.45) is 5.73 Å². The summed E-state index contributed by atoms with van der Waals surface area (Å²) >= 11 is 0. The predicted molar refractivity (Wildman–Crippen MR) is 145 cm³/mol. The number of hydrogen-bond donors (Lipinski definition) is 2. The van der Waals surface area contributed by atoms with E-state index in [-0.39, 0.29) is 40.5 Å². The highest BCUT2D eigenvalue weighted by molar-refractivity contribution is 6.03. The van der Waals surface area contributed by atoms with Crippen LogP contribution in [0.3, 0.4) is 0 Å². The number of nitrogens with zero attached hydrogens (tertiary/aromatic N) is 3. The number of nitrogens with one attached hydrogen (secondary N) is 1. The van der Waals surface area contributed by atoms with Crippen molar-refractivity contribution in [1.29, 1.82) is 0 Å². The largest absolute Gasteiger partial charge is 0.326 e. The number of aromatic nitrogens is 3. The second-order valence-electron chi connectivity index (χ2n) is 9.76. The number of anilines is 1. The third kappa shape index (κ3) is 5.35. The average Bonchev–Trinajstić information content (AvgIpc) is 2.94. The van der Waals surface area contributed by atoms with E-state index in [0.29, 0.717) is 30.5 Å². The summed E-state index contributed by atoms with van der Waals surface area (Å²) < 4.78 is 31.1. The number of benzene rings is 1. The molecule has 0 saturated heterocycles. The van der Waals surface area contributed by atoms with Gasteiger partial charge in [-0.2, -0.15) is 0 Å². The standard InChI is InChI=1S/C30H29F2N5O2/c1-2-18-6-5-7-21(31)28(18)29-22(32)10-11-24(35-29)30(39)36-25-17-34-14-13-20(25)19-9-12-26(23(33)16-19)37-15-4-3-8-27(37)38/h3-8,10-11,13-15,17,19,23,26H,2,9,12,16,33H2,1H3,(H,36,39). The minimum absolute atomic E-state index is 0.0382. The molecule has 0 bridgehead atoms. The molecule has 0 aliphatic heterocycles. The van der Waals surface area contributed by atoms with E-state index < -0.39 is 17.5 Å². The van der Waals surface area contributed by atoms with E-state index in [1.807, 2.05) is 19.1 Å². The van der Waals surface area contributed by atoms with Crippen molar-refractivity contribution in [3.63, 3.8) is 0 Å². The van der Waals surface area contributed by atoms with Gasteiger partial charge in [-0.25, -0.2) is 13.8 Å². The Morgan fingerprint density at radius 2 is 1.92 bits per heavy atom. The number of carbonyl (C=O) groups excluding carboxylic acids is 1. The summed E-state index contributed by atoms with van der Waals surface area (Å²) in [6.07, 6.45) is 7.54. The third-order valence-corrected chi connectivity index (χ3v) is 7.41. The van der Waals surface area contributed by atoms with Gasteiger partial charge in [-0.3, -0.25) is 14.6 Å². The van der Waals surface area contributed by atoms with Gasteiger partial charge < -0.3 is 15.6 Å². The monoisotopic (exact) mass is 529 g/mol. The minimum Gasteiger partial charge on any atom is -0.326 e. The van der Waals surface area contributed by atoms with Crippen LogP contribution in [0.25, 0.3) is 11.3 Å². The van der Waals surface area contributed by atoms with Crippen molar-refractivity contribution in [3.05, 3.63) is 112 Å². The fraction of sp³-hybridized carbons (Fsp3) is 0.267. The second kappa shape index (κ2) is 11.2. The lowest BCUT2D eigenvalue weighted by Crippen LogP contribution is -2.41. The molecule has 7 nitrogen and oxygen atoms in total. The highest BCUT2D eigenvalue weighted by atomic mass is 19.1. The summed E-state index contributed by atoms with van der Waals surface area (Å²) in [4.78, 5) is 33.9. The zero-order valence-corrected chi connectivity index (χ0v) is 21.5.